The molecule has 0 aliphatic carbocycles. The summed E-state index contributed by atoms with van der Waals surface area (Å²) in [7, 11) is 6.68. The van der Waals surface area contributed by atoms with Crippen LogP contribution in [0, 0.1) is 43.9 Å². The summed E-state index contributed by atoms with van der Waals surface area (Å²) < 4.78 is 48.9. The standard InChI is InChI=1S/C17H23NO5.C16H21NO5.C16H19NO5.C9H13NO4.C9H11NO2.C8H11NO4.C8H9NO2.CH3.BrH.2Li.Mg.2H2O/c1-12(19)15-9-8-14(16(20)22-2)10-18(15)17(21)23-11-13-6-4-3-5-7-13;2*1-21-15(19)13-7-8-14(10-18)17(9-13)16(20)22-11-12-5-3-2-4-6-12;1-5-7-3-2-6(8(11)12)4-10(7)9(13)14-5;1-3-8-5-4-7(6-10-8)9(11)12-2;10-7(11)5-1-2-6-4-13-8(12)9(6)3-5;1-6-3-4-7(5-9-6)8(10)11-2;;;;;;;/h3-7,12,14-15,19H,8-11H2,1-2H3;2-6,13-14,18H,7-11H2,1H3;2-6,10,13-14H,7-9,11H2,1H3;5-7H,2-4H2,1H3,(H,11,12);4-6H,3H2,1-2H3;5-6H,1-4H2,(H,10,11);3-5H,1-2H3;1H3;1H;;;;2*1H2/q;;;;;;;-1;;2*+1;+2;;/p-3/t12?,14-,15+;2*13-,14+;5?,6-,7+;;5-,6+;;;;;;;;/m0000.0......../s1. The van der Waals surface area contributed by atoms with Gasteiger partial charge in [0.05, 0.1) is 119 Å². The third-order valence-corrected chi connectivity index (χ3v) is 20.5. The van der Waals surface area contributed by atoms with E-state index in [4.69, 9.17) is 48.1 Å². The number of ether oxygens (including phenoxy) is 10. The van der Waals surface area contributed by atoms with Gasteiger partial charge in [0, 0.05) is 56.5 Å². The van der Waals surface area contributed by atoms with Gasteiger partial charge in [0.25, 0.3) is 0 Å². The molecular weight excluding hydrogens is 1690 g/mol. The van der Waals surface area contributed by atoms with Gasteiger partial charge in [-0.3, -0.25) is 38.8 Å². The molecule has 668 valence electrons. The molecular formula is C84H112BrLi2MgN7O29. The second-order valence-electron chi connectivity index (χ2n) is 28.3. The van der Waals surface area contributed by atoms with Crippen LogP contribution in [0.1, 0.15) is 134 Å². The number of pyridine rings is 2. The molecule has 3 aromatic carbocycles. The molecule has 6 N–H and O–H groups in total. The van der Waals surface area contributed by atoms with Gasteiger partial charge in [0.1, 0.15) is 38.8 Å². The fourth-order valence-corrected chi connectivity index (χ4v) is 13.6. The number of carboxylic acid groups (broad SMARTS) is 2. The Bertz CT molecular complexity index is 4070. The molecule has 7 aliphatic heterocycles. The van der Waals surface area contributed by atoms with Crippen LogP contribution in [0.2, 0.25) is 0 Å². The number of piperidine rings is 5. The first-order valence-corrected chi connectivity index (χ1v) is 38.4. The van der Waals surface area contributed by atoms with E-state index in [0.29, 0.717) is 82.2 Å². The van der Waals surface area contributed by atoms with Crippen LogP contribution in [0.3, 0.4) is 0 Å². The number of carboxylic acids is 2. The monoisotopic (exact) mass is 1800 g/mol. The average Bonchev–Trinajstić information content (AvgIpc) is 1.66. The van der Waals surface area contributed by atoms with Crippen LogP contribution in [0.15, 0.2) is 128 Å². The first kappa shape index (κ1) is 117. The number of nitrogens with zero attached hydrogens (tertiary/aromatic N) is 7. The average molecular weight is 1800 g/mol. The minimum atomic E-state index is -0.823. The zero-order valence-corrected chi connectivity index (χ0v) is 75.3. The van der Waals surface area contributed by atoms with Gasteiger partial charge in [0.15, 0.2) is 0 Å². The maximum absolute atomic E-state index is 12.4. The first-order valence-electron chi connectivity index (χ1n) is 38.4. The minimum Gasteiger partial charge on any atom is -1.00 e. The second kappa shape index (κ2) is 61.0. The number of aryl methyl sites for hydroxylation is 2. The second-order valence-corrected chi connectivity index (χ2v) is 28.3. The number of carbonyl (C=O) groups excluding carboxylic acids is 11. The van der Waals surface area contributed by atoms with Crippen molar-refractivity contribution >= 4 is 102 Å². The molecule has 12 atom stereocenters. The Hall–Kier alpha value is -9.45. The van der Waals surface area contributed by atoms with Crippen molar-refractivity contribution in [1.82, 2.24) is 34.5 Å². The summed E-state index contributed by atoms with van der Waals surface area (Å²) in [4.78, 5) is 164. The first-order chi connectivity index (χ1) is 56.1. The number of methoxy groups -OCH3 is 5. The number of hydrogen-bond acceptors (Lipinski definition) is 29. The molecule has 0 saturated carbocycles. The van der Waals surface area contributed by atoms with Crippen molar-refractivity contribution in [2.75, 3.05) is 81.5 Å². The van der Waals surface area contributed by atoms with E-state index in [1.54, 1.807) is 30.0 Å². The van der Waals surface area contributed by atoms with Crippen LogP contribution < -0.4 is 54.7 Å². The fraction of sp³-hybridized carbons (Fsp3) is 0.500. The minimum absolute atomic E-state index is 0. The summed E-state index contributed by atoms with van der Waals surface area (Å²) in [5.74, 6) is -5.37. The predicted molar refractivity (Wildman–Crippen MR) is 431 cm³/mol. The summed E-state index contributed by atoms with van der Waals surface area (Å²) in [6.07, 6.45) is 7.47. The van der Waals surface area contributed by atoms with Crippen LogP contribution in [0.4, 0.5) is 24.0 Å². The van der Waals surface area contributed by atoms with E-state index in [0.717, 1.165) is 53.6 Å². The maximum Gasteiger partial charge on any atom is 2.00 e. The number of cyclic esters (lactones) is 2. The predicted octanol–water partition coefficient (Wildman–Crippen LogP) is -0.370. The summed E-state index contributed by atoms with van der Waals surface area (Å²) >= 11 is 0. The number of rotatable bonds is 17. The van der Waals surface area contributed by atoms with Crippen molar-refractivity contribution in [2.24, 2.45) is 29.6 Å². The van der Waals surface area contributed by atoms with Gasteiger partial charge in [-0.2, -0.15) is 0 Å². The molecule has 2 aromatic heterocycles. The SMILES string of the molecule is CC1OC(=O)N2C[C@@H](C(=O)O)CC[C@H]12.CCc1ccc(C(=O)OC)cn1.COC(=O)[C@H]1CC[C@H](C(C)O)N(C(=O)OCc2ccccc2)C1.COC(=O)[C@H]1CC[C@H](C=O)N(C(=O)OCc2ccccc2)C1.COC(=O)[C@H]1CC[C@H](CO)N(C(=O)OCc2ccccc2)C1.COC(=O)c1ccc(C)nc1.O=C(O)[C@H]1CC[C@@H]2COC(=O)N2C1.[Br-].[CH3-].[Li+].[Li+].[Mg+2].[OH-].[OH-]. The molecule has 0 radical (unpaired) electrons. The molecule has 0 bridgehead atoms. The maximum atomic E-state index is 12.4. The molecule has 12 rings (SSSR count). The van der Waals surface area contributed by atoms with Crippen molar-refractivity contribution in [1.29, 1.82) is 0 Å². The Morgan fingerprint density at radius 2 is 0.935 bits per heavy atom. The van der Waals surface area contributed by atoms with Crippen molar-refractivity contribution in [3.8, 4) is 0 Å². The Labute approximate surface area is 772 Å². The van der Waals surface area contributed by atoms with Crippen LogP contribution in [0.25, 0.3) is 0 Å². The van der Waals surface area contributed by atoms with Crippen LogP contribution in [0.5, 0.6) is 0 Å². The fourth-order valence-electron chi connectivity index (χ4n) is 13.6. The van der Waals surface area contributed by atoms with Crippen LogP contribution in [-0.4, -0.2) is 291 Å². The summed E-state index contributed by atoms with van der Waals surface area (Å²) in [6, 6.07) is 34.0. The smallest absolute Gasteiger partial charge is 1.00 e. The molecule has 7 fully saturated rings. The largest absolute Gasteiger partial charge is 2.00 e. The third-order valence-electron chi connectivity index (χ3n) is 20.5. The topological polar surface area (TPSA) is 497 Å². The molecule has 7 saturated heterocycles. The van der Waals surface area contributed by atoms with E-state index >= 15 is 0 Å². The molecule has 9 heterocycles. The van der Waals surface area contributed by atoms with E-state index in [9.17, 15) is 72.5 Å². The van der Waals surface area contributed by atoms with Crippen molar-refractivity contribution in [2.45, 2.75) is 161 Å². The zero-order valence-electron chi connectivity index (χ0n) is 72.3. The molecule has 5 aromatic rings. The Morgan fingerprint density at radius 3 is 1.35 bits per heavy atom. The molecule has 2 unspecified atom stereocenters. The third kappa shape index (κ3) is 36.6. The van der Waals surface area contributed by atoms with Crippen LogP contribution in [-0.2, 0) is 102 Å². The number of carbonyl (C=O) groups is 13. The summed E-state index contributed by atoms with van der Waals surface area (Å²) in [5.41, 5.74) is 5.47. The molecule has 7 aliphatic rings. The Morgan fingerprint density at radius 1 is 0.524 bits per heavy atom. The summed E-state index contributed by atoms with van der Waals surface area (Å²) in [5, 5.41) is 36.9. The van der Waals surface area contributed by atoms with Crippen molar-refractivity contribution < 1.29 is 196 Å². The van der Waals surface area contributed by atoms with Gasteiger partial charge < -0.3 is 128 Å². The van der Waals surface area contributed by atoms with Crippen molar-refractivity contribution in [3.63, 3.8) is 0 Å². The van der Waals surface area contributed by atoms with Gasteiger partial charge in [-0.15, -0.1) is 0 Å². The van der Waals surface area contributed by atoms with E-state index < -0.39 is 60.1 Å². The normalized spacial score (nSPS) is 20.9. The van der Waals surface area contributed by atoms with E-state index in [1.807, 2.05) is 118 Å². The molecule has 36 nitrogen and oxygen atoms in total. The number of hydrogen-bond donors (Lipinski definition) is 4. The zero-order chi connectivity index (χ0) is 85.7. The summed E-state index contributed by atoms with van der Waals surface area (Å²) in [6.45, 7) is 9.26. The van der Waals surface area contributed by atoms with E-state index in [1.165, 1.54) is 67.5 Å². The van der Waals surface area contributed by atoms with Gasteiger partial charge in [-0.05, 0) is 132 Å². The number of aliphatic carboxylic acids is 2. The number of likely N-dealkylation sites (tertiary alicyclic amines) is 3. The molecule has 5 amide bonds. The number of benzene rings is 3. The Balaban J connectivity index is 0. The van der Waals surface area contributed by atoms with Crippen molar-refractivity contribution in [3.05, 3.63) is 174 Å². The number of aliphatic hydroxyl groups is 2. The molecule has 0 spiro atoms. The van der Waals surface area contributed by atoms with Gasteiger partial charge in [0.2, 0.25) is 0 Å². The number of aliphatic hydroxyl groups excluding tert-OH is 2. The van der Waals surface area contributed by atoms with E-state index in [-0.39, 0.29) is 226 Å². The molecule has 40 heteroatoms. The number of esters is 5. The van der Waals surface area contributed by atoms with Gasteiger partial charge in [-0.25, -0.2) is 33.6 Å². The number of fused-ring (bicyclic) bond motifs is 2. The number of aromatic nitrogens is 2. The quantitative estimate of drug-likeness (QED) is 0.0303. The number of amides is 5. The Kier molecular flexibility index (Phi) is 57.4. The number of halogens is 1. The molecule has 124 heavy (non-hydrogen) atoms. The number of aldehydes is 1. The van der Waals surface area contributed by atoms with Crippen LogP contribution >= 0.6 is 0 Å². The van der Waals surface area contributed by atoms with Gasteiger partial charge in [-0.1, -0.05) is 97.9 Å². The van der Waals surface area contributed by atoms with Gasteiger partial charge >= 0.3 is 133 Å². The van der Waals surface area contributed by atoms with E-state index in [2.05, 4.69) is 19.4 Å².